The van der Waals surface area contributed by atoms with Crippen molar-refractivity contribution in [3.05, 3.63) is 26.4 Å². The van der Waals surface area contributed by atoms with Gasteiger partial charge >= 0.3 is 0 Å². The van der Waals surface area contributed by atoms with Gasteiger partial charge in [-0.2, -0.15) is 0 Å². The highest BCUT2D eigenvalue weighted by Gasteiger charge is 2.12. The second kappa shape index (κ2) is 5.27. The zero-order chi connectivity index (χ0) is 13.3. The van der Waals surface area contributed by atoms with Crippen molar-refractivity contribution in [2.24, 2.45) is 0 Å². The first kappa shape index (κ1) is 13.3. The Labute approximate surface area is 126 Å². The molecular weight excluding hydrogens is 413 g/mol. The van der Waals surface area contributed by atoms with Crippen molar-refractivity contribution in [1.29, 1.82) is 0 Å². The number of phenols is 1. The Morgan fingerprint density at radius 1 is 1.44 bits per heavy atom. The third-order valence-electron chi connectivity index (χ3n) is 2.28. The maximum absolute atomic E-state index is 9.73. The summed E-state index contributed by atoms with van der Waals surface area (Å²) in [6.45, 7) is 0. The number of benzene rings is 1. The normalized spacial score (nSPS) is 10.4. The van der Waals surface area contributed by atoms with Gasteiger partial charge in [-0.1, -0.05) is 0 Å². The first-order chi connectivity index (χ1) is 8.52. The van der Waals surface area contributed by atoms with E-state index < -0.39 is 0 Å². The Kier molecular flexibility index (Phi) is 3.91. The summed E-state index contributed by atoms with van der Waals surface area (Å²) >= 11 is 5.31. The molecule has 18 heavy (non-hydrogen) atoms. The average molecular weight is 422 g/mol. The van der Waals surface area contributed by atoms with Crippen LogP contribution in [0.5, 0.6) is 11.5 Å². The van der Waals surface area contributed by atoms with Crippen LogP contribution in [0.4, 0.5) is 5.82 Å². The molecule has 0 saturated carbocycles. The number of aromatic nitrogens is 2. The van der Waals surface area contributed by atoms with Gasteiger partial charge in [-0.15, -0.1) is 0 Å². The summed E-state index contributed by atoms with van der Waals surface area (Å²) in [5, 5.41) is 9.73. The van der Waals surface area contributed by atoms with Crippen molar-refractivity contribution in [2.45, 2.75) is 0 Å². The van der Waals surface area contributed by atoms with Gasteiger partial charge in [0, 0.05) is 11.8 Å². The molecule has 0 bridgehead atoms. The van der Waals surface area contributed by atoms with E-state index >= 15 is 0 Å². The number of methoxy groups -OCH3 is 1. The molecule has 0 radical (unpaired) electrons. The Morgan fingerprint density at radius 3 is 2.78 bits per heavy atom. The number of halogens is 2. The third kappa shape index (κ3) is 2.51. The van der Waals surface area contributed by atoms with E-state index in [-0.39, 0.29) is 5.75 Å². The monoisotopic (exact) mass is 421 g/mol. The third-order valence-corrected chi connectivity index (χ3v) is 3.71. The molecule has 2 rings (SSSR count). The molecule has 0 aliphatic rings. The molecule has 0 spiro atoms. The fourth-order valence-electron chi connectivity index (χ4n) is 1.38. The second-order valence-electron chi connectivity index (χ2n) is 3.44. The molecular formula is C11H9BrIN3O2. The van der Waals surface area contributed by atoms with Crippen molar-refractivity contribution >= 4 is 44.3 Å². The minimum Gasteiger partial charge on any atom is -0.503 e. The maximum Gasteiger partial charge on any atom is 0.172 e. The number of nitrogen functional groups attached to an aromatic ring is 1. The van der Waals surface area contributed by atoms with Gasteiger partial charge in [0.1, 0.15) is 5.82 Å². The van der Waals surface area contributed by atoms with Crippen LogP contribution in [0.15, 0.2) is 22.8 Å². The molecule has 1 aromatic carbocycles. The van der Waals surface area contributed by atoms with Gasteiger partial charge in [-0.25, -0.2) is 9.97 Å². The van der Waals surface area contributed by atoms with E-state index in [2.05, 4.69) is 48.5 Å². The van der Waals surface area contributed by atoms with Crippen LogP contribution in [-0.2, 0) is 0 Å². The Hall–Kier alpha value is -1.09. The fraction of sp³-hybridized carbons (Fsp3) is 0.0909. The summed E-state index contributed by atoms with van der Waals surface area (Å²) in [7, 11) is 1.48. The zero-order valence-electron chi connectivity index (χ0n) is 9.32. The summed E-state index contributed by atoms with van der Waals surface area (Å²) in [5.74, 6) is 1.29. The van der Waals surface area contributed by atoms with E-state index in [9.17, 15) is 5.11 Å². The van der Waals surface area contributed by atoms with Crippen LogP contribution >= 0.6 is 38.5 Å². The topological polar surface area (TPSA) is 81.3 Å². The van der Waals surface area contributed by atoms with Crippen LogP contribution in [-0.4, -0.2) is 22.2 Å². The number of hydrogen-bond donors (Lipinski definition) is 2. The second-order valence-corrected chi connectivity index (χ2v) is 5.45. The molecule has 0 saturated heterocycles. The Morgan fingerprint density at radius 2 is 2.17 bits per heavy atom. The number of phenolic OH excluding ortho intramolecular Hbond substituents is 1. The lowest BCUT2D eigenvalue weighted by Gasteiger charge is -2.08. The molecule has 0 unspecified atom stereocenters. The van der Waals surface area contributed by atoms with Crippen LogP contribution in [0.2, 0.25) is 0 Å². The molecule has 7 heteroatoms. The summed E-state index contributed by atoms with van der Waals surface area (Å²) in [6.07, 6.45) is 1.64. The lowest BCUT2D eigenvalue weighted by molar-refractivity contribution is 0.372. The van der Waals surface area contributed by atoms with E-state index in [1.807, 2.05) is 0 Å². The number of ether oxygens (including phenoxy) is 1. The maximum atomic E-state index is 9.73. The van der Waals surface area contributed by atoms with Gasteiger partial charge in [0.15, 0.2) is 17.3 Å². The van der Waals surface area contributed by atoms with Crippen LogP contribution in [0.25, 0.3) is 11.4 Å². The summed E-state index contributed by atoms with van der Waals surface area (Å²) in [4.78, 5) is 8.39. The number of hydrogen-bond acceptors (Lipinski definition) is 5. The SMILES string of the molecule is COc1cc(-c2ncc(I)c(N)n2)cc(Br)c1O. The molecule has 0 aliphatic heterocycles. The highest BCUT2D eigenvalue weighted by molar-refractivity contribution is 14.1. The predicted octanol–water partition coefficient (Wildman–Crippen LogP) is 2.81. The highest BCUT2D eigenvalue weighted by atomic mass is 127. The molecule has 0 atom stereocenters. The van der Waals surface area contributed by atoms with Gasteiger partial charge in [-0.3, -0.25) is 0 Å². The lowest BCUT2D eigenvalue weighted by Crippen LogP contribution is -1.98. The quantitative estimate of drug-likeness (QED) is 0.728. The summed E-state index contributed by atoms with van der Waals surface area (Å²) in [6, 6.07) is 3.36. The van der Waals surface area contributed by atoms with Crippen LogP contribution in [0.3, 0.4) is 0 Å². The van der Waals surface area contributed by atoms with E-state index in [1.54, 1.807) is 18.3 Å². The van der Waals surface area contributed by atoms with Crippen LogP contribution < -0.4 is 10.5 Å². The molecule has 3 N–H and O–H groups in total. The predicted molar refractivity (Wildman–Crippen MR) is 80.5 cm³/mol. The zero-order valence-corrected chi connectivity index (χ0v) is 13.1. The fourth-order valence-corrected chi connectivity index (χ4v) is 2.08. The van der Waals surface area contributed by atoms with Crippen molar-refractivity contribution < 1.29 is 9.84 Å². The average Bonchev–Trinajstić information content (AvgIpc) is 2.36. The van der Waals surface area contributed by atoms with E-state index in [0.717, 1.165) is 3.57 Å². The first-order valence-corrected chi connectivity index (χ1v) is 6.75. The van der Waals surface area contributed by atoms with Gasteiger partial charge in [0.2, 0.25) is 0 Å². The number of aromatic hydroxyl groups is 1. The van der Waals surface area contributed by atoms with Crippen molar-refractivity contribution in [1.82, 2.24) is 9.97 Å². The van der Waals surface area contributed by atoms with Gasteiger partial charge in [-0.05, 0) is 50.7 Å². The Bertz CT molecular complexity index is 607. The van der Waals surface area contributed by atoms with Crippen molar-refractivity contribution in [3.63, 3.8) is 0 Å². The van der Waals surface area contributed by atoms with Gasteiger partial charge in [0.05, 0.1) is 15.2 Å². The molecule has 1 aromatic heterocycles. The number of nitrogens with zero attached hydrogens (tertiary/aromatic N) is 2. The molecule has 5 nitrogen and oxygen atoms in total. The van der Waals surface area contributed by atoms with E-state index in [0.29, 0.717) is 27.4 Å². The minimum absolute atomic E-state index is 0.0414. The number of rotatable bonds is 2. The van der Waals surface area contributed by atoms with Gasteiger partial charge < -0.3 is 15.6 Å². The Balaban J connectivity index is 2.57. The first-order valence-electron chi connectivity index (χ1n) is 4.88. The number of nitrogens with two attached hydrogens (primary N) is 1. The van der Waals surface area contributed by atoms with Crippen molar-refractivity contribution in [3.8, 4) is 22.9 Å². The van der Waals surface area contributed by atoms with Crippen molar-refractivity contribution in [2.75, 3.05) is 12.8 Å². The largest absolute Gasteiger partial charge is 0.503 e. The standard InChI is InChI=1S/C11H9BrIN3O2/c1-18-8-3-5(2-6(12)9(8)17)11-15-4-7(13)10(14)16-11/h2-4,17H,1H3,(H2,14,15,16). The number of anilines is 1. The lowest BCUT2D eigenvalue weighted by atomic mass is 10.2. The molecule has 0 aliphatic carbocycles. The molecule has 1 heterocycles. The smallest absolute Gasteiger partial charge is 0.172 e. The minimum atomic E-state index is 0.0414. The molecule has 0 amide bonds. The summed E-state index contributed by atoms with van der Waals surface area (Å²) in [5.41, 5.74) is 6.45. The molecule has 94 valence electrons. The van der Waals surface area contributed by atoms with E-state index in [4.69, 9.17) is 10.5 Å². The van der Waals surface area contributed by atoms with E-state index in [1.165, 1.54) is 7.11 Å². The highest BCUT2D eigenvalue weighted by Crippen LogP contribution is 2.37. The molecule has 2 aromatic rings. The summed E-state index contributed by atoms with van der Waals surface area (Å²) < 4.78 is 6.38. The van der Waals surface area contributed by atoms with Crippen LogP contribution in [0, 0.1) is 3.57 Å². The van der Waals surface area contributed by atoms with Crippen LogP contribution in [0.1, 0.15) is 0 Å². The van der Waals surface area contributed by atoms with Gasteiger partial charge in [0.25, 0.3) is 0 Å². The molecule has 0 fully saturated rings.